The fourth-order valence-electron chi connectivity index (χ4n) is 3.50. The monoisotopic (exact) mass is 358 g/mol. The van der Waals surface area contributed by atoms with E-state index in [1.165, 1.54) is 0 Å². The third kappa shape index (κ3) is 3.70. The Kier molecular flexibility index (Phi) is 4.88. The topological polar surface area (TPSA) is 51.2 Å². The molecule has 1 saturated carbocycles. The maximum Gasteiger partial charge on any atom is 0.235 e. The van der Waals surface area contributed by atoms with Gasteiger partial charge >= 0.3 is 0 Å². The molecule has 0 saturated heterocycles. The Hall–Kier alpha value is -3.14. The molecule has 1 fully saturated rings. The van der Waals surface area contributed by atoms with Crippen LogP contribution in [0.1, 0.15) is 30.4 Å². The smallest absolute Gasteiger partial charge is 0.235 e. The number of benzene rings is 2. The Bertz CT molecular complexity index is 906. The van der Waals surface area contributed by atoms with Gasteiger partial charge in [-0.15, -0.1) is 0 Å². The summed E-state index contributed by atoms with van der Waals surface area (Å²) >= 11 is 0. The molecule has 0 spiro atoms. The number of carbonyl (C=O) groups excluding carboxylic acids is 1. The van der Waals surface area contributed by atoms with Gasteiger partial charge in [-0.05, 0) is 36.6 Å². The average molecular weight is 358 g/mol. The van der Waals surface area contributed by atoms with Gasteiger partial charge < -0.3 is 10.1 Å². The largest absolute Gasteiger partial charge is 0.489 e. The van der Waals surface area contributed by atoms with Crippen LogP contribution in [-0.2, 0) is 16.8 Å². The zero-order valence-electron chi connectivity index (χ0n) is 15.1. The van der Waals surface area contributed by atoms with Gasteiger partial charge in [0, 0.05) is 29.7 Å². The van der Waals surface area contributed by atoms with Crippen LogP contribution in [0.4, 0.5) is 5.69 Å². The second-order valence-electron chi connectivity index (χ2n) is 6.93. The zero-order chi connectivity index (χ0) is 18.5. The van der Waals surface area contributed by atoms with Gasteiger partial charge in [0.15, 0.2) is 0 Å². The molecule has 1 heterocycles. The molecule has 1 aromatic heterocycles. The highest BCUT2D eigenvalue weighted by Gasteiger charge is 2.45. The van der Waals surface area contributed by atoms with Crippen LogP contribution in [0.25, 0.3) is 0 Å². The molecule has 3 aromatic rings. The SMILES string of the molecule is O=C(Nc1cccc(OCc2cccnc2)c1)C1(c2ccccc2)CCC1. The molecule has 4 rings (SSSR count). The molecule has 1 amide bonds. The molecule has 0 unspecified atom stereocenters. The number of rotatable bonds is 6. The lowest BCUT2D eigenvalue weighted by Gasteiger charge is -2.40. The molecule has 4 nitrogen and oxygen atoms in total. The predicted octanol–water partition coefficient (Wildman–Crippen LogP) is 4.72. The highest BCUT2D eigenvalue weighted by Crippen LogP contribution is 2.44. The Morgan fingerprint density at radius 1 is 1.04 bits per heavy atom. The van der Waals surface area contributed by atoms with Crippen LogP contribution in [0.3, 0.4) is 0 Å². The van der Waals surface area contributed by atoms with E-state index in [-0.39, 0.29) is 5.91 Å². The Balaban J connectivity index is 1.45. The zero-order valence-corrected chi connectivity index (χ0v) is 15.1. The van der Waals surface area contributed by atoms with Gasteiger partial charge in [-0.2, -0.15) is 0 Å². The van der Waals surface area contributed by atoms with Crippen LogP contribution < -0.4 is 10.1 Å². The van der Waals surface area contributed by atoms with Crippen molar-refractivity contribution >= 4 is 11.6 Å². The summed E-state index contributed by atoms with van der Waals surface area (Å²) in [4.78, 5) is 17.1. The second kappa shape index (κ2) is 7.62. The van der Waals surface area contributed by atoms with Crippen LogP contribution in [0.5, 0.6) is 5.75 Å². The number of amides is 1. The number of hydrogen-bond acceptors (Lipinski definition) is 3. The molecule has 4 heteroatoms. The first-order chi connectivity index (χ1) is 13.3. The van der Waals surface area contributed by atoms with Crippen LogP contribution >= 0.6 is 0 Å². The van der Waals surface area contributed by atoms with E-state index in [1.54, 1.807) is 12.4 Å². The molecule has 136 valence electrons. The first kappa shape index (κ1) is 17.3. The van der Waals surface area contributed by atoms with Crippen LogP contribution in [0.2, 0.25) is 0 Å². The van der Waals surface area contributed by atoms with E-state index in [2.05, 4.69) is 10.3 Å². The summed E-state index contributed by atoms with van der Waals surface area (Å²) in [6.45, 7) is 0.444. The number of pyridine rings is 1. The van der Waals surface area contributed by atoms with E-state index >= 15 is 0 Å². The maximum absolute atomic E-state index is 13.0. The van der Waals surface area contributed by atoms with Gasteiger partial charge in [0.25, 0.3) is 0 Å². The predicted molar refractivity (Wildman–Crippen MR) is 106 cm³/mol. The lowest BCUT2D eigenvalue weighted by molar-refractivity contribution is -0.124. The Morgan fingerprint density at radius 2 is 1.89 bits per heavy atom. The van der Waals surface area contributed by atoms with Gasteiger partial charge in [-0.3, -0.25) is 9.78 Å². The Labute approximate surface area is 159 Å². The van der Waals surface area contributed by atoms with E-state index in [0.717, 1.165) is 41.8 Å². The van der Waals surface area contributed by atoms with Gasteiger partial charge in [0.05, 0.1) is 5.41 Å². The standard InChI is InChI=1S/C23H22N2O2/c26-22(23(12-6-13-23)19-8-2-1-3-9-19)25-20-10-4-11-21(15-20)27-17-18-7-5-14-24-16-18/h1-5,7-11,14-16H,6,12-13,17H2,(H,25,26). The summed E-state index contributed by atoms with van der Waals surface area (Å²) in [7, 11) is 0. The number of nitrogens with zero attached hydrogens (tertiary/aromatic N) is 1. The van der Waals surface area contributed by atoms with Crippen molar-refractivity contribution in [3.05, 3.63) is 90.3 Å². The first-order valence-corrected chi connectivity index (χ1v) is 9.25. The number of aromatic nitrogens is 1. The van der Waals surface area contributed by atoms with Crippen molar-refractivity contribution in [3.8, 4) is 5.75 Å². The maximum atomic E-state index is 13.0. The fraction of sp³-hybridized carbons (Fsp3) is 0.217. The van der Waals surface area contributed by atoms with Crippen molar-refractivity contribution < 1.29 is 9.53 Å². The van der Waals surface area contributed by atoms with Gasteiger partial charge in [-0.1, -0.05) is 48.9 Å². The van der Waals surface area contributed by atoms with E-state index in [9.17, 15) is 4.79 Å². The number of carbonyl (C=O) groups is 1. The minimum absolute atomic E-state index is 0.0596. The molecule has 0 bridgehead atoms. The van der Waals surface area contributed by atoms with Crippen molar-refractivity contribution in [2.24, 2.45) is 0 Å². The second-order valence-corrected chi connectivity index (χ2v) is 6.93. The number of anilines is 1. The minimum Gasteiger partial charge on any atom is -0.489 e. The number of nitrogens with one attached hydrogen (secondary N) is 1. The van der Waals surface area contributed by atoms with Crippen LogP contribution in [-0.4, -0.2) is 10.9 Å². The highest BCUT2D eigenvalue weighted by molar-refractivity contribution is 6.00. The number of ether oxygens (including phenoxy) is 1. The third-order valence-corrected chi connectivity index (χ3v) is 5.19. The molecule has 1 N–H and O–H groups in total. The summed E-state index contributed by atoms with van der Waals surface area (Å²) in [5.41, 5.74) is 2.45. The third-order valence-electron chi connectivity index (χ3n) is 5.19. The quantitative estimate of drug-likeness (QED) is 0.693. The highest BCUT2D eigenvalue weighted by atomic mass is 16.5. The van der Waals surface area contributed by atoms with E-state index < -0.39 is 5.41 Å². The molecular weight excluding hydrogens is 336 g/mol. The van der Waals surface area contributed by atoms with Gasteiger partial charge in [0.1, 0.15) is 12.4 Å². The first-order valence-electron chi connectivity index (χ1n) is 9.25. The molecule has 0 radical (unpaired) electrons. The molecule has 2 aromatic carbocycles. The van der Waals surface area contributed by atoms with E-state index in [0.29, 0.717) is 6.61 Å². The van der Waals surface area contributed by atoms with Crippen molar-refractivity contribution in [2.45, 2.75) is 31.3 Å². The van der Waals surface area contributed by atoms with Crippen molar-refractivity contribution in [2.75, 3.05) is 5.32 Å². The molecule has 0 aliphatic heterocycles. The van der Waals surface area contributed by atoms with Crippen molar-refractivity contribution in [1.29, 1.82) is 0 Å². The normalized spacial score (nSPS) is 14.8. The summed E-state index contributed by atoms with van der Waals surface area (Å²) in [6, 6.07) is 21.5. The summed E-state index contributed by atoms with van der Waals surface area (Å²) in [6.07, 6.45) is 6.38. The van der Waals surface area contributed by atoms with Crippen LogP contribution in [0, 0.1) is 0 Å². The molecule has 27 heavy (non-hydrogen) atoms. The lowest BCUT2D eigenvalue weighted by Crippen LogP contribution is -2.45. The van der Waals surface area contributed by atoms with Gasteiger partial charge in [0.2, 0.25) is 5.91 Å². The van der Waals surface area contributed by atoms with E-state index in [4.69, 9.17) is 4.74 Å². The Morgan fingerprint density at radius 3 is 2.59 bits per heavy atom. The summed E-state index contributed by atoms with van der Waals surface area (Å²) < 4.78 is 5.83. The number of hydrogen-bond donors (Lipinski definition) is 1. The van der Waals surface area contributed by atoms with Gasteiger partial charge in [-0.25, -0.2) is 0 Å². The lowest BCUT2D eigenvalue weighted by atomic mass is 9.64. The fourth-order valence-corrected chi connectivity index (χ4v) is 3.50. The molecule has 1 aliphatic rings. The molecular formula is C23H22N2O2. The summed E-state index contributed by atoms with van der Waals surface area (Å²) in [5.74, 6) is 0.781. The van der Waals surface area contributed by atoms with Crippen molar-refractivity contribution in [3.63, 3.8) is 0 Å². The average Bonchev–Trinajstić information content (AvgIpc) is 2.67. The van der Waals surface area contributed by atoms with E-state index in [1.807, 2.05) is 66.7 Å². The minimum atomic E-state index is -0.409. The summed E-state index contributed by atoms with van der Waals surface area (Å²) in [5, 5.41) is 3.09. The molecule has 1 aliphatic carbocycles. The molecule has 0 atom stereocenters. The van der Waals surface area contributed by atoms with Crippen LogP contribution in [0.15, 0.2) is 79.1 Å². The van der Waals surface area contributed by atoms with Crippen molar-refractivity contribution in [1.82, 2.24) is 4.98 Å².